The molecular formula is C7H19Al2O3. The summed E-state index contributed by atoms with van der Waals surface area (Å²) in [7, 11) is 0. The molecule has 0 aromatic carbocycles. The van der Waals surface area contributed by atoms with Gasteiger partial charge in [0.25, 0.3) is 0 Å². The molecule has 0 heterocycles. The van der Waals surface area contributed by atoms with E-state index in [9.17, 15) is 0 Å². The van der Waals surface area contributed by atoms with Crippen LogP contribution in [-0.4, -0.2) is 52.3 Å². The molecule has 0 amide bonds. The molecule has 0 aliphatic rings. The van der Waals surface area contributed by atoms with Gasteiger partial charge in [-0.3, -0.25) is 0 Å². The predicted molar refractivity (Wildman–Crippen MR) is 53.8 cm³/mol. The van der Waals surface area contributed by atoms with E-state index in [1.54, 1.807) is 0 Å². The topological polar surface area (TPSA) is 27.7 Å². The normalized spacial score (nSPS) is 8.58. The van der Waals surface area contributed by atoms with Gasteiger partial charge in [0.2, 0.25) is 0 Å². The van der Waals surface area contributed by atoms with Crippen molar-refractivity contribution in [1.29, 1.82) is 0 Å². The lowest BCUT2D eigenvalue weighted by Crippen LogP contribution is -2.02. The Bertz CT molecular complexity index is 58.6. The Kier molecular flexibility index (Phi) is 23.0. The van der Waals surface area contributed by atoms with Crippen molar-refractivity contribution in [3.8, 4) is 0 Å². The second kappa shape index (κ2) is 17.9. The van der Waals surface area contributed by atoms with Crippen LogP contribution in [0.2, 0.25) is 0 Å². The van der Waals surface area contributed by atoms with Crippen molar-refractivity contribution in [1.82, 2.24) is 0 Å². The van der Waals surface area contributed by atoms with Gasteiger partial charge in [0.15, 0.2) is 0 Å². The fourth-order valence-corrected chi connectivity index (χ4v) is 1.16. The summed E-state index contributed by atoms with van der Waals surface area (Å²) in [4.78, 5) is 0. The van der Waals surface area contributed by atoms with Crippen molar-refractivity contribution < 1.29 is 11.4 Å². The van der Waals surface area contributed by atoms with Gasteiger partial charge in [-0.05, 0) is 20.3 Å². The molecule has 0 saturated heterocycles. The standard InChI is InChI=1S/C3H7O.2C2H5O.2Al.2H/c1-2-3-4;2*1-2-3;;;;/h2-3H2,1H3;2*2H2,1H3;;;;/q3*-1;+1;+2;;. The van der Waals surface area contributed by atoms with Gasteiger partial charge in [-0.2, -0.15) is 0 Å². The third-order valence-electron chi connectivity index (χ3n) is 0.878. The fraction of sp³-hybridized carbons (Fsp3) is 1.00. The van der Waals surface area contributed by atoms with Crippen LogP contribution in [0, 0.1) is 0 Å². The Hall–Kier alpha value is 0.945. The highest BCUT2D eigenvalue weighted by atomic mass is 27.2. The van der Waals surface area contributed by atoms with Gasteiger partial charge < -0.3 is 11.4 Å². The maximum absolute atomic E-state index is 4.94. The summed E-state index contributed by atoms with van der Waals surface area (Å²) in [6, 6.07) is 0. The van der Waals surface area contributed by atoms with Crippen LogP contribution in [0.3, 0.4) is 0 Å². The minimum atomic E-state index is -0.178. The molecule has 0 atom stereocenters. The molecule has 71 valence electrons. The van der Waals surface area contributed by atoms with Crippen LogP contribution in [0.1, 0.15) is 27.2 Å². The lowest BCUT2D eigenvalue weighted by Gasteiger charge is -1.95. The number of hydrogen-bond donors (Lipinski definition) is 0. The van der Waals surface area contributed by atoms with E-state index >= 15 is 0 Å². The van der Waals surface area contributed by atoms with Crippen molar-refractivity contribution in [2.24, 2.45) is 0 Å². The van der Waals surface area contributed by atoms with Gasteiger partial charge in [-0.15, -0.1) is 0 Å². The second-order valence-corrected chi connectivity index (χ2v) is 3.44. The highest BCUT2D eigenvalue weighted by Crippen LogP contribution is 1.70. The molecule has 5 heteroatoms. The summed E-state index contributed by atoms with van der Waals surface area (Å²) in [5.74, 6) is 0. The summed E-state index contributed by atoms with van der Waals surface area (Å²) >= 11 is 0.720. The molecule has 0 bridgehead atoms. The van der Waals surface area contributed by atoms with E-state index in [0.717, 1.165) is 42.9 Å². The summed E-state index contributed by atoms with van der Waals surface area (Å²) < 4.78 is 14.7. The van der Waals surface area contributed by atoms with Gasteiger partial charge in [0.05, 0.1) is 0 Å². The van der Waals surface area contributed by atoms with E-state index in [1.807, 2.05) is 13.8 Å². The molecule has 0 aromatic heterocycles. The van der Waals surface area contributed by atoms with Crippen LogP contribution in [0.5, 0.6) is 0 Å². The maximum atomic E-state index is 4.94. The first-order valence-corrected chi connectivity index (χ1v) is 6.13. The highest BCUT2D eigenvalue weighted by Gasteiger charge is 1.89. The molecule has 0 saturated carbocycles. The maximum Gasteiger partial charge on any atom is 0.668 e. The van der Waals surface area contributed by atoms with Gasteiger partial charge in [0, 0.05) is 19.8 Å². The minimum Gasteiger partial charge on any atom is -0.506 e. The monoisotopic (exact) mass is 205 g/mol. The smallest absolute Gasteiger partial charge is 0.506 e. The third kappa shape index (κ3) is 22.4. The number of rotatable bonds is 6. The first-order chi connectivity index (χ1) is 5.83. The van der Waals surface area contributed by atoms with E-state index in [0.29, 0.717) is 0 Å². The Balaban J connectivity index is 0. The van der Waals surface area contributed by atoms with Crippen LogP contribution in [0.25, 0.3) is 0 Å². The SMILES string of the molecule is CCC[O][AlH2].CC[O][Al][O]CC. The molecule has 0 spiro atoms. The molecule has 0 aromatic rings. The quantitative estimate of drug-likeness (QED) is 0.468. The van der Waals surface area contributed by atoms with Crippen LogP contribution in [-0.2, 0) is 11.4 Å². The first kappa shape index (κ1) is 15.4. The Morgan fingerprint density at radius 2 is 1.58 bits per heavy atom. The molecule has 3 nitrogen and oxygen atoms in total. The van der Waals surface area contributed by atoms with Crippen molar-refractivity contribution >= 4 is 32.5 Å². The lowest BCUT2D eigenvalue weighted by molar-refractivity contribution is 0.240. The average molecular weight is 205 g/mol. The average Bonchev–Trinajstić information content (AvgIpc) is 2.08. The molecule has 0 aliphatic carbocycles. The van der Waals surface area contributed by atoms with Crippen molar-refractivity contribution in [2.75, 3.05) is 19.8 Å². The summed E-state index contributed by atoms with van der Waals surface area (Å²) in [6.45, 7) is 8.53. The van der Waals surface area contributed by atoms with E-state index < -0.39 is 0 Å². The minimum absolute atomic E-state index is 0.178. The zero-order chi connectivity index (χ0) is 9.66. The molecule has 0 fully saturated rings. The Morgan fingerprint density at radius 3 is 1.75 bits per heavy atom. The number of hydrogen-bond acceptors (Lipinski definition) is 3. The largest absolute Gasteiger partial charge is 0.668 e. The molecule has 0 aliphatic heterocycles. The van der Waals surface area contributed by atoms with E-state index in [1.165, 1.54) is 0 Å². The second-order valence-electron chi connectivity index (χ2n) is 2.00. The zero-order valence-electron chi connectivity index (χ0n) is 8.63. The van der Waals surface area contributed by atoms with Crippen molar-refractivity contribution in [2.45, 2.75) is 27.2 Å². The molecule has 12 heavy (non-hydrogen) atoms. The molecule has 0 rings (SSSR count). The lowest BCUT2D eigenvalue weighted by atomic mass is 10.5. The van der Waals surface area contributed by atoms with Crippen molar-refractivity contribution in [3.05, 3.63) is 0 Å². The van der Waals surface area contributed by atoms with Gasteiger partial charge in [-0.1, -0.05) is 6.92 Å². The molecule has 1 radical (unpaired) electrons. The van der Waals surface area contributed by atoms with Crippen LogP contribution in [0.4, 0.5) is 0 Å². The molecule has 0 unspecified atom stereocenters. The van der Waals surface area contributed by atoms with Gasteiger partial charge >= 0.3 is 32.5 Å². The summed E-state index contributed by atoms with van der Waals surface area (Å²) in [5, 5.41) is 0. The summed E-state index contributed by atoms with van der Waals surface area (Å²) in [6.07, 6.45) is 1.16. The van der Waals surface area contributed by atoms with Crippen LogP contribution < -0.4 is 0 Å². The van der Waals surface area contributed by atoms with Gasteiger partial charge in [-0.25, -0.2) is 0 Å². The Labute approximate surface area is 90.9 Å². The van der Waals surface area contributed by atoms with Crippen LogP contribution >= 0.6 is 0 Å². The van der Waals surface area contributed by atoms with Crippen LogP contribution in [0.15, 0.2) is 0 Å². The molecule has 0 N–H and O–H groups in total. The highest BCUT2D eigenvalue weighted by molar-refractivity contribution is 6.17. The zero-order valence-corrected chi connectivity index (χ0v) is 11.8. The van der Waals surface area contributed by atoms with Crippen molar-refractivity contribution in [3.63, 3.8) is 0 Å². The van der Waals surface area contributed by atoms with E-state index in [2.05, 4.69) is 6.92 Å². The first-order valence-electron chi connectivity index (χ1n) is 4.37. The molecular weight excluding hydrogens is 186 g/mol. The van der Waals surface area contributed by atoms with E-state index in [-0.39, 0.29) is 15.9 Å². The summed E-state index contributed by atoms with van der Waals surface area (Å²) in [5.41, 5.74) is 0. The third-order valence-corrected chi connectivity index (χ3v) is 2.22. The Morgan fingerprint density at radius 1 is 1.08 bits per heavy atom. The van der Waals surface area contributed by atoms with Gasteiger partial charge in [0.1, 0.15) is 0 Å². The fourth-order valence-electron chi connectivity index (χ4n) is 0.388. The predicted octanol–water partition coefficient (Wildman–Crippen LogP) is 0.555. The van der Waals surface area contributed by atoms with E-state index in [4.69, 9.17) is 11.4 Å².